The molecular weight excluding hydrogens is 272 g/mol. The van der Waals surface area contributed by atoms with E-state index in [2.05, 4.69) is 20.8 Å². The smallest absolute Gasteiger partial charge is 0.155 e. The lowest BCUT2D eigenvalue weighted by molar-refractivity contribution is -0.133. The molecule has 120 valence electrons. The summed E-state index contributed by atoms with van der Waals surface area (Å²) in [5.41, 5.74) is 1.60. The first-order chi connectivity index (χ1) is 10.4. The molecule has 2 heteroatoms. The number of Topliss-reactive ketones (excluding diaryl/α,β-unsaturated/α-hetero) is 1. The van der Waals surface area contributed by atoms with Crippen molar-refractivity contribution in [3.05, 3.63) is 11.6 Å². The highest BCUT2D eigenvalue weighted by Gasteiger charge is 2.59. The first-order valence-electron chi connectivity index (χ1n) is 9.14. The zero-order valence-electron chi connectivity index (χ0n) is 14.2. The largest absolute Gasteiger partial charge is 0.299 e. The van der Waals surface area contributed by atoms with Gasteiger partial charge in [-0.3, -0.25) is 9.59 Å². The molecule has 0 N–H and O–H groups in total. The van der Waals surface area contributed by atoms with E-state index in [4.69, 9.17) is 0 Å². The van der Waals surface area contributed by atoms with E-state index in [1.807, 2.05) is 6.08 Å². The molecule has 4 unspecified atom stereocenters. The molecule has 3 fully saturated rings. The fourth-order valence-corrected chi connectivity index (χ4v) is 6.76. The summed E-state index contributed by atoms with van der Waals surface area (Å²) in [7, 11) is 0. The SMILES string of the molecule is CC1CC2C(CC[C@]3(C)C(=O)CCC23)[C@@]2(C)CCC(=O)C=C12. The standard InChI is InChI=1S/C20H28O2/c1-12-10-14-15-4-5-18(22)20(15,3)9-7-16(14)19(2)8-6-13(21)11-17(12)19/h11-12,14-16H,4-10H2,1-3H3/t12?,14?,15?,16?,19-,20+/m1/s1. The average Bonchev–Trinajstić information content (AvgIpc) is 2.77. The molecule has 0 spiro atoms. The monoisotopic (exact) mass is 300 g/mol. The molecule has 4 aliphatic carbocycles. The molecule has 0 aromatic rings. The molecular formula is C20H28O2. The maximum absolute atomic E-state index is 12.4. The zero-order valence-corrected chi connectivity index (χ0v) is 14.2. The van der Waals surface area contributed by atoms with Crippen LogP contribution in [0.4, 0.5) is 0 Å². The highest BCUT2D eigenvalue weighted by atomic mass is 16.1. The van der Waals surface area contributed by atoms with Crippen molar-refractivity contribution >= 4 is 11.6 Å². The lowest BCUT2D eigenvalue weighted by Crippen LogP contribution is -2.52. The third kappa shape index (κ3) is 1.73. The van der Waals surface area contributed by atoms with Gasteiger partial charge in [0.05, 0.1) is 0 Å². The van der Waals surface area contributed by atoms with E-state index < -0.39 is 0 Å². The fourth-order valence-electron chi connectivity index (χ4n) is 6.76. The number of allylic oxidation sites excluding steroid dienone is 1. The molecule has 0 heterocycles. The highest BCUT2D eigenvalue weighted by molar-refractivity contribution is 5.92. The second-order valence-electron chi connectivity index (χ2n) is 8.92. The summed E-state index contributed by atoms with van der Waals surface area (Å²) in [6.45, 7) is 6.96. The normalized spacial score (nSPS) is 51.0. The average molecular weight is 300 g/mol. The lowest BCUT2D eigenvalue weighted by Gasteiger charge is -2.58. The molecule has 0 radical (unpaired) electrons. The van der Waals surface area contributed by atoms with Crippen molar-refractivity contribution in [1.82, 2.24) is 0 Å². The number of hydrogen-bond acceptors (Lipinski definition) is 2. The van der Waals surface area contributed by atoms with Crippen LogP contribution in [0, 0.1) is 34.5 Å². The van der Waals surface area contributed by atoms with Crippen LogP contribution in [0.2, 0.25) is 0 Å². The van der Waals surface area contributed by atoms with Crippen molar-refractivity contribution in [3.8, 4) is 0 Å². The Bertz CT molecular complexity index is 574. The van der Waals surface area contributed by atoms with E-state index in [-0.39, 0.29) is 10.8 Å². The van der Waals surface area contributed by atoms with E-state index in [0.717, 1.165) is 32.1 Å². The Morgan fingerprint density at radius 2 is 1.73 bits per heavy atom. The molecule has 2 nitrogen and oxygen atoms in total. The molecule has 4 aliphatic rings. The van der Waals surface area contributed by atoms with E-state index in [1.165, 1.54) is 18.4 Å². The van der Waals surface area contributed by atoms with Gasteiger partial charge in [0.2, 0.25) is 0 Å². The number of carbonyl (C=O) groups is 2. The van der Waals surface area contributed by atoms with E-state index >= 15 is 0 Å². The second kappa shape index (κ2) is 4.55. The van der Waals surface area contributed by atoms with Crippen LogP contribution in [-0.2, 0) is 9.59 Å². The summed E-state index contributed by atoms with van der Waals surface area (Å²) < 4.78 is 0. The Morgan fingerprint density at radius 1 is 1.00 bits per heavy atom. The number of fused-ring (bicyclic) bond motifs is 5. The topological polar surface area (TPSA) is 34.1 Å². The molecule has 4 rings (SSSR count). The van der Waals surface area contributed by atoms with Crippen molar-refractivity contribution in [1.29, 1.82) is 0 Å². The van der Waals surface area contributed by atoms with Crippen molar-refractivity contribution in [2.24, 2.45) is 34.5 Å². The van der Waals surface area contributed by atoms with Crippen LogP contribution < -0.4 is 0 Å². The van der Waals surface area contributed by atoms with Gasteiger partial charge in [0.1, 0.15) is 5.78 Å². The maximum atomic E-state index is 12.4. The van der Waals surface area contributed by atoms with Gasteiger partial charge in [0.25, 0.3) is 0 Å². The Balaban J connectivity index is 1.74. The van der Waals surface area contributed by atoms with Crippen molar-refractivity contribution in [2.75, 3.05) is 0 Å². The summed E-state index contributed by atoms with van der Waals surface area (Å²) in [4.78, 5) is 24.4. The first-order valence-corrected chi connectivity index (χ1v) is 9.14. The van der Waals surface area contributed by atoms with Gasteiger partial charge in [-0.25, -0.2) is 0 Å². The summed E-state index contributed by atoms with van der Waals surface area (Å²) in [6, 6.07) is 0. The van der Waals surface area contributed by atoms with Crippen LogP contribution in [0.5, 0.6) is 0 Å². The highest BCUT2D eigenvalue weighted by Crippen LogP contribution is 2.65. The van der Waals surface area contributed by atoms with Crippen LogP contribution in [0.15, 0.2) is 11.6 Å². The number of rotatable bonds is 0. The molecule has 0 aromatic carbocycles. The van der Waals surface area contributed by atoms with E-state index in [9.17, 15) is 9.59 Å². The predicted octanol–water partition coefficient (Wildman–Crippen LogP) is 4.33. The van der Waals surface area contributed by atoms with Gasteiger partial charge < -0.3 is 0 Å². The van der Waals surface area contributed by atoms with E-state index in [0.29, 0.717) is 35.2 Å². The number of carbonyl (C=O) groups excluding carboxylic acids is 2. The minimum absolute atomic E-state index is 0.0387. The molecule has 6 atom stereocenters. The van der Waals surface area contributed by atoms with Gasteiger partial charge in [-0.1, -0.05) is 26.3 Å². The fraction of sp³-hybridized carbons (Fsp3) is 0.800. The third-order valence-electron chi connectivity index (χ3n) is 7.99. The molecule has 0 aliphatic heterocycles. The van der Waals surface area contributed by atoms with Crippen LogP contribution in [0.25, 0.3) is 0 Å². The summed E-state index contributed by atoms with van der Waals surface area (Å²) >= 11 is 0. The van der Waals surface area contributed by atoms with Crippen molar-refractivity contribution in [2.45, 2.75) is 65.7 Å². The minimum atomic E-state index is -0.0387. The van der Waals surface area contributed by atoms with Crippen LogP contribution in [0.1, 0.15) is 65.7 Å². The van der Waals surface area contributed by atoms with Gasteiger partial charge in [-0.05, 0) is 67.3 Å². The second-order valence-corrected chi connectivity index (χ2v) is 8.92. The van der Waals surface area contributed by atoms with Crippen LogP contribution >= 0.6 is 0 Å². The third-order valence-corrected chi connectivity index (χ3v) is 7.99. The van der Waals surface area contributed by atoms with Crippen LogP contribution in [0.3, 0.4) is 0 Å². The molecule has 0 saturated heterocycles. The molecule has 0 aromatic heterocycles. The predicted molar refractivity (Wildman–Crippen MR) is 86.3 cm³/mol. The van der Waals surface area contributed by atoms with Gasteiger partial charge in [-0.2, -0.15) is 0 Å². The summed E-state index contributed by atoms with van der Waals surface area (Å²) in [5, 5.41) is 0. The van der Waals surface area contributed by atoms with Crippen LogP contribution in [-0.4, -0.2) is 11.6 Å². The van der Waals surface area contributed by atoms with Crippen molar-refractivity contribution < 1.29 is 9.59 Å². The summed E-state index contributed by atoms with van der Waals surface area (Å²) in [5.74, 6) is 3.33. The maximum Gasteiger partial charge on any atom is 0.155 e. The Morgan fingerprint density at radius 3 is 2.50 bits per heavy atom. The van der Waals surface area contributed by atoms with Gasteiger partial charge in [0, 0.05) is 18.3 Å². The number of hydrogen-bond donors (Lipinski definition) is 0. The lowest BCUT2D eigenvalue weighted by atomic mass is 9.46. The minimum Gasteiger partial charge on any atom is -0.299 e. The summed E-state index contributed by atoms with van der Waals surface area (Å²) in [6.07, 6.45) is 9.08. The molecule has 22 heavy (non-hydrogen) atoms. The van der Waals surface area contributed by atoms with Gasteiger partial charge in [-0.15, -0.1) is 0 Å². The van der Waals surface area contributed by atoms with Gasteiger partial charge in [0.15, 0.2) is 5.78 Å². The van der Waals surface area contributed by atoms with E-state index in [1.54, 1.807) is 0 Å². The first kappa shape index (κ1) is 14.7. The zero-order chi connectivity index (χ0) is 15.7. The Kier molecular flexibility index (Phi) is 3.03. The Labute approximate surface area is 133 Å². The van der Waals surface area contributed by atoms with Crippen molar-refractivity contribution in [3.63, 3.8) is 0 Å². The Hall–Kier alpha value is -0.920. The quantitative estimate of drug-likeness (QED) is 0.667. The number of ketones is 2. The molecule has 0 bridgehead atoms. The van der Waals surface area contributed by atoms with Gasteiger partial charge >= 0.3 is 0 Å². The molecule has 0 amide bonds. The molecule has 3 saturated carbocycles.